The van der Waals surface area contributed by atoms with E-state index in [-0.39, 0.29) is 0 Å². The minimum atomic E-state index is 0.457. The van der Waals surface area contributed by atoms with E-state index < -0.39 is 0 Å². The number of hydrogen-bond donors (Lipinski definition) is 1. The van der Waals surface area contributed by atoms with Gasteiger partial charge in [-0.1, -0.05) is 13.8 Å². The van der Waals surface area contributed by atoms with Crippen molar-refractivity contribution in [3.05, 3.63) is 18.0 Å². The summed E-state index contributed by atoms with van der Waals surface area (Å²) in [4.78, 5) is 0. The third-order valence-electron chi connectivity index (χ3n) is 2.26. The van der Waals surface area contributed by atoms with Crippen molar-refractivity contribution in [2.24, 2.45) is 5.92 Å². The lowest BCUT2D eigenvalue weighted by Gasteiger charge is -2.20. The van der Waals surface area contributed by atoms with Gasteiger partial charge >= 0.3 is 0 Å². The zero-order chi connectivity index (χ0) is 9.84. The lowest BCUT2D eigenvalue weighted by Crippen LogP contribution is -2.26. The summed E-state index contributed by atoms with van der Waals surface area (Å²) in [6.45, 7) is 7.43. The number of aromatic nitrogens is 2. The van der Waals surface area contributed by atoms with E-state index in [1.807, 2.05) is 20.0 Å². The van der Waals surface area contributed by atoms with Crippen LogP contribution in [0, 0.1) is 12.8 Å². The van der Waals surface area contributed by atoms with Crippen LogP contribution >= 0.6 is 0 Å². The van der Waals surface area contributed by atoms with Gasteiger partial charge in [-0.25, -0.2) is 0 Å². The largest absolute Gasteiger partial charge is 0.318 e. The molecule has 0 saturated heterocycles. The van der Waals surface area contributed by atoms with Crippen LogP contribution in [0.1, 0.15) is 25.6 Å². The lowest BCUT2D eigenvalue weighted by atomic mass is 10.1. The molecule has 1 atom stereocenters. The quantitative estimate of drug-likeness (QED) is 0.764. The first kappa shape index (κ1) is 10.3. The van der Waals surface area contributed by atoms with E-state index in [2.05, 4.69) is 35.1 Å². The van der Waals surface area contributed by atoms with Gasteiger partial charge in [0, 0.05) is 12.7 Å². The van der Waals surface area contributed by atoms with E-state index in [1.54, 1.807) is 0 Å². The molecule has 3 nitrogen and oxygen atoms in total. The van der Waals surface area contributed by atoms with Crippen molar-refractivity contribution < 1.29 is 0 Å². The fraction of sp³-hybridized carbons (Fsp3) is 0.700. The zero-order valence-electron chi connectivity index (χ0n) is 8.91. The third-order valence-corrected chi connectivity index (χ3v) is 2.26. The highest BCUT2D eigenvalue weighted by Crippen LogP contribution is 2.15. The molecule has 3 heteroatoms. The van der Waals surface area contributed by atoms with Gasteiger partial charge in [-0.3, -0.25) is 4.68 Å². The van der Waals surface area contributed by atoms with E-state index in [1.165, 1.54) is 0 Å². The molecule has 1 aromatic rings. The number of aryl methyl sites for hydroxylation is 1. The highest BCUT2D eigenvalue weighted by atomic mass is 15.3. The molecule has 0 radical (unpaired) electrons. The van der Waals surface area contributed by atoms with Crippen molar-refractivity contribution in [1.29, 1.82) is 0 Å². The van der Waals surface area contributed by atoms with Crippen LogP contribution in [0.4, 0.5) is 0 Å². The van der Waals surface area contributed by atoms with Crippen molar-refractivity contribution in [1.82, 2.24) is 15.1 Å². The van der Waals surface area contributed by atoms with Crippen LogP contribution in [-0.4, -0.2) is 23.4 Å². The average molecular weight is 181 g/mol. The molecule has 13 heavy (non-hydrogen) atoms. The van der Waals surface area contributed by atoms with Gasteiger partial charge < -0.3 is 5.32 Å². The molecule has 0 bridgehead atoms. The maximum Gasteiger partial charge on any atom is 0.0666 e. The van der Waals surface area contributed by atoms with E-state index >= 15 is 0 Å². The van der Waals surface area contributed by atoms with Gasteiger partial charge in [-0.15, -0.1) is 0 Å². The molecule has 0 aliphatic carbocycles. The minimum absolute atomic E-state index is 0.457. The molecule has 0 amide bonds. The Bertz CT molecular complexity index is 252. The molecule has 1 heterocycles. The Morgan fingerprint density at radius 1 is 1.54 bits per heavy atom. The second-order valence-corrected chi connectivity index (χ2v) is 3.81. The van der Waals surface area contributed by atoms with Crippen molar-refractivity contribution in [3.63, 3.8) is 0 Å². The van der Waals surface area contributed by atoms with Gasteiger partial charge in [0.1, 0.15) is 0 Å². The van der Waals surface area contributed by atoms with Crippen LogP contribution in [0.15, 0.2) is 12.3 Å². The van der Waals surface area contributed by atoms with Gasteiger partial charge in [-0.2, -0.15) is 5.10 Å². The standard InChI is InChI=1S/C10H19N3/c1-8(2)10(7-11-4)13-6-5-9(3)12-13/h5-6,8,10-11H,7H2,1-4H3. The van der Waals surface area contributed by atoms with Gasteiger partial charge in [0.15, 0.2) is 0 Å². The van der Waals surface area contributed by atoms with Crippen LogP contribution < -0.4 is 5.32 Å². The van der Waals surface area contributed by atoms with Crippen LogP contribution in [-0.2, 0) is 0 Å². The van der Waals surface area contributed by atoms with Crippen molar-refractivity contribution in [2.75, 3.05) is 13.6 Å². The Morgan fingerprint density at radius 3 is 2.62 bits per heavy atom. The molecule has 0 saturated carbocycles. The Kier molecular flexibility index (Phi) is 3.48. The number of hydrogen-bond acceptors (Lipinski definition) is 2. The smallest absolute Gasteiger partial charge is 0.0666 e. The molecule has 74 valence electrons. The first-order valence-corrected chi connectivity index (χ1v) is 4.81. The lowest BCUT2D eigenvalue weighted by molar-refractivity contribution is 0.337. The molecule has 0 aromatic carbocycles. The van der Waals surface area contributed by atoms with Crippen molar-refractivity contribution >= 4 is 0 Å². The van der Waals surface area contributed by atoms with Gasteiger partial charge in [0.05, 0.1) is 11.7 Å². The molecule has 1 rings (SSSR count). The normalized spacial score (nSPS) is 13.6. The van der Waals surface area contributed by atoms with Gasteiger partial charge in [0.2, 0.25) is 0 Å². The zero-order valence-corrected chi connectivity index (χ0v) is 8.91. The fourth-order valence-corrected chi connectivity index (χ4v) is 1.46. The molecule has 0 fully saturated rings. The van der Waals surface area contributed by atoms with Crippen molar-refractivity contribution in [2.45, 2.75) is 26.8 Å². The molecule has 1 aromatic heterocycles. The minimum Gasteiger partial charge on any atom is -0.318 e. The van der Waals surface area contributed by atoms with Crippen LogP contribution in [0.2, 0.25) is 0 Å². The number of nitrogens with one attached hydrogen (secondary N) is 1. The topological polar surface area (TPSA) is 29.9 Å². The SMILES string of the molecule is CNCC(C(C)C)n1ccc(C)n1. The maximum atomic E-state index is 4.43. The summed E-state index contributed by atoms with van der Waals surface area (Å²) in [5.74, 6) is 0.603. The highest BCUT2D eigenvalue weighted by molar-refractivity contribution is 4.96. The summed E-state index contributed by atoms with van der Waals surface area (Å²) in [5.41, 5.74) is 1.08. The number of likely N-dealkylation sites (N-methyl/N-ethyl adjacent to an activating group) is 1. The summed E-state index contributed by atoms with van der Waals surface area (Å²) in [6.07, 6.45) is 2.05. The first-order chi connectivity index (χ1) is 6.15. The summed E-state index contributed by atoms with van der Waals surface area (Å²) < 4.78 is 2.05. The van der Waals surface area contributed by atoms with E-state index in [0.717, 1.165) is 12.2 Å². The van der Waals surface area contributed by atoms with E-state index in [4.69, 9.17) is 0 Å². The molecule has 0 aliphatic heterocycles. The Balaban J connectivity index is 2.75. The molecule has 0 aliphatic rings. The number of rotatable bonds is 4. The summed E-state index contributed by atoms with van der Waals surface area (Å²) in [6, 6.07) is 2.50. The predicted octanol–water partition coefficient (Wildman–Crippen LogP) is 1.61. The number of nitrogens with zero attached hydrogens (tertiary/aromatic N) is 2. The van der Waals surface area contributed by atoms with E-state index in [9.17, 15) is 0 Å². The summed E-state index contributed by atoms with van der Waals surface area (Å²) >= 11 is 0. The third kappa shape index (κ3) is 2.56. The second-order valence-electron chi connectivity index (χ2n) is 3.81. The maximum absolute atomic E-state index is 4.43. The molecule has 0 spiro atoms. The van der Waals surface area contributed by atoms with Gasteiger partial charge in [0.25, 0.3) is 0 Å². The summed E-state index contributed by atoms with van der Waals surface area (Å²) in [7, 11) is 1.98. The summed E-state index contributed by atoms with van der Waals surface area (Å²) in [5, 5.41) is 7.62. The average Bonchev–Trinajstić information content (AvgIpc) is 2.46. The predicted molar refractivity (Wildman–Crippen MR) is 54.8 cm³/mol. The highest BCUT2D eigenvalue weighted by Gasteiger charge is 2.14. The van der Waals surface area contributed by atoms with Gasteiger partial charge in [-0.05, 0) is 26.0 Å². The Hall–Kier alpha value is -0.830. The molecular formula is C10H19N3. The second kappa shape index (κ2) is 4.42. The van der Waals surface area contributed by atoms with Crippen molar-refractivity contribution in [3.8, 4) is 0 Å². The molecule has 1 unspecified atom stereocenters. The first-order valence-electron chi connectivity index (χ1n) is 4.81. The van der Waals surface area contributed by atoms with Crippen LogP contribution in [0.3, 0.4) is 0 Å². The Morgan fingerprint density at radius 2 is 2.23 bits per heavy atom. The fourth-order valence-electron chi connectivity index (χ4n) is 1.46. The molecular weight excluding hydrogens is 162 g/mol. The van der Waals surface area contributed by atoms with Crippen LogP contribution in [0.25, 0.3) is 0 Å². The van der Waals surface area contributed by atoms with E-state index in [0.29, 0.717) is 12.0 Å². The molecule has 1 N–H and O–H groups in total. The monoisotopic (exact) mass is 181 g/mol. The Labute approximate surface area is 80.1 Å². The van der Waals surface area contributed by atoms with Crippen LogP contribution in [0.5, 0.6) is 0 Å².